The van der Waals surface area contributed by atoms with Crippen LogP contribution in [0.5, 0.6) is 0 Å². The van der Waals surface area contributed by atoms with Crippen LogP contribution in [0.25, 0.3) is 11.1 Å². The fraction of sp³-hybridized carbons (Fsp3) is 0.364. The van der Waals surface area contributed by atoms with E-state index in [2.05, 4.69) is 19.7 Å². The number of anilines is 1. The molecule has 1 N–H and O–H groups in total. The Kier molecular flexibility index (Phi) is 6.15. The lowest BCUT2D eigenvalue weighted by molar-refractivity contribution is -0.120. The first kappa shape index (κ1) is 21.6. The number of benzene rings is 1. The van der Waals surface area contributed by atoms with Crippen molar-refractivity contribution in [2.45, 2.75) is 44.3 Å². The second kappa shape index (κ2) is 8.84. The molecule has 3 aromatic rings. The van der Waals surface area contributed by atoms with E-state index in [1.807, 2.05) is 38.1 Å². The van der Waals surface area contributed by atoms with Gasteiger partial charge in [-0.25, -0.2) is 23.4 Å². The van der Waals surface area contributed by atoms with Crippen LogP contribution in [0.2, 0.25) is 0 Å². The third-order valence-corrected chi connectivity index (χ3v) is 8.01. The maximum Gasteiger partial charge on any atom is 0.237 e. The van der Waals surface area contributed by atoms with Gasteiger partial charge >= 0.3 is 0 Å². The molecule has 2 heterocycles. The largest absolute Gasteiger partial charge is 0.299 e. The maximum absolute atomic E-state index is 13.1. The molecule has 0 spiro atoms. The van der Waals surface area contributed by atoms with Gasteiger partial charge in [0.05, 0.1) is 16.9 Å². The van der Waals surface area contributed by atoms with Crippen molar-refractivity contribution in [3.63, 3.8) is 0 Å². The van der Waals surface area contributed by atoms with Crippen LogP contribution in [0.4, 0.5) is 5.13 Å². The monoisotopic (exact) mass is 456 g/mol. The molecule has 1 aromatic carbocycles. The summed E-state index contributed by atoms with van der Waals surface area (Å²) in [5.41, 5.74) is 3.45. The van der Waals surface area contributed by atoms with E-state index in [-0.39, 0.29) is 23.4 Å². The van der Waals surface area contributed by atoms with E-state index in [1.165, 1.54) is 17.7 Å². The van der Waals surface area contributed by atoms with Crippen molar-refractivity contribution < 1.29 is 13.2 Å². The van der Waals surface area contributed by atoms with Crippen molar-refractivity contribution in [1.82, 2.24) is 15.0 Å². The molecule has 0 radical (unpaired) electrons. The standard InChI is InChI=1S/C22H24N4O3S2/c1-14(2)21(19-12-30-22(25-19)26-31(28,29)18-7-8-18)20(27)9-15-3-5-16(6-4-15)17-10-23-13-24-11-17/h3-6,10-14,18,21H,7-9H2,1-2H3,(H,25,26). The predicted octanol–water partition coefficient (Wildman–Crippen LogP) is 4.06. The quantitative estimate of drug-likeness (QED) is 0.521. The Bertz CT molecular complexity index is 1150. The van der Waals surface area contributed by atoms with Crippen molar-refractivity contribution in [3.05, 3.63) is 59.6 Å². The number of hydrogen-bond acceptors (Lipinski definition) is 7. The number of Topliss-reactive ketones (excluding diaryl/α,β-unsaturated/α-hetero) is 1. The van der Waals surface area contributed by atoms with Crippen LogP contribution in [0.1, 0.15) is 43.9 Å². The van der Waals surface area contributed by atoms with Gasteiger partial charge in [0, 0.05) is 29.8 Å². The van der Waals surface area contributed by atoms with Crippen molar-refractivity contribution in [3.8, 4) is 11.1 Å². The topological polar surface area (TPSA) is 102 Å². The molecular formula is C22H24N4O3S2. The minimum Gasteiger partial charge on any atom is -0.299 e. The first-order valence-electron chi connectivity index (χ1n) is 10.2. The van der Waals surface area contributed by atoms with Crippen LogP contribution in [0.3, 0.4) is 0 Å². The molecule has 0 aliphatic heterocycles. The number of rotatable bonds is 9. The molecule has 0 amide bonds. The fourth-order valence-electron chi connectivity index (χ4n) is 3.51. The van der Waals surface area contributed by atoms with Crippen LogP contribution >= 0.6 is 11.3 Å². The fourth-order valence-corrected chi connectivity index (χ4v) is 5.85. The summed E-state index contributed by atoms with van der Waals surface area (Å²) in [7, 11) is -3.36. The normalized spacial score (nSPS) is 15.1. The highest BCUT2D eigenvalue weighted by molar-refractivity contribution is 7.93. The van der Waals surface area contributed by atoms with Crippen molar-refractivity contribution in [1.29, 1.82) is 0 Å². The molecule has 162 valence electrons. The number of ketones is 1. The highest BCUT2D eigenvalue weighted by Crippen LogP contribution is 2.33. The van der Waals surface area contributed by atoms with Crippen LogP contribution in [0.15, 0.2) is 48.4 Å². The van der Waals surface area contributed by atoms with Gasteiger partial charge in [-0.1, -0.05) is 38.1 Å². The second-order valence-electron chi connectivity index (χ2n) is 8.11. The zero-order valence-corrected chi connectivity index (χ0v) is 19.0. The van der Waals surface area contributed by atoms with E-state index in [9.17, 15) is 13.2 Å². The Morgan fingerprint density at radius 2 is 1.81 bits per heavy atom. The van der Waals surface area contributed by atoms with Crippen molar-refractivity contribution in [2.24, 2.45) is 5.92 Å². The molecule has 0 bridgehead atoms. The van der Waals surface area contributed by atoms with E-state index in [4.69, 9.17) is 0 Å². The molecule has 7 nitrogen and oxygen atoms in total. The van der Waals surface area contributed by atoms with Gasteiger partial charge in [0.25, 0.3) is 0 Å². The average molecular weight is 457 g/mol. The lowest BCUT2D eigenvalue weighted by Crippen LogP contribution is -2.21. The lowest BCUT2D eigenvalue weighted by Gasteiger charge is -2.18. The zero-order chi connectivity index (χ0) is 22.0. The van der Waals surface area contributed by atoms with E-state index in [0.29, 0.717) is 23.7 Å². The first-order valence-corrected chi connectivity index (χ1v) is 12.6. The Hall–Kier alpha value is -2.65. The molecule has 0 saturated heterocycles. The number of nitrogens with one attached hydrogen (secondary N) is 1. The highest BCUT2D eigenvalue weighted by atomic mass is 32.2. The minimum absolute atomic E-state index is 0.0447. The molecule has 4 rings (SSSR count). The third kappa shape index (κ3) is 5.16. The van der Waals surface area contributed by atoms with Gasteiger partial charge in [0.2, 0.25) is 10.0 Å². The smallest absolute Gasteiger partial charge is 0.237 e. The summed E-state index contributed by atoms with van der Waals surface area (Å²) in [4.78, 5) is 25.6. The average Bonchev–Trinajstić information content (AvgIpc) is 3.52. The minimum atomic E-state index is -3.36. The Morgan fingerprint density at radius 3 is 2.42 bits per heavy atom. The van der Waals surface area contributed by atoms with Crippen LogP contribution in [0, 0.1) is 5.92 Å². The molecule has 2 aromatic heterocycles. The van der Waals surface area contributed by atoms with Crippen LogP contribution < -0.4 is 4.72 Å². The molecule has 1 unspecified atom stereocenters. The zero-order valence-electron chi connectivity index (χ0n) is 17.4. The van der Waals surface area contributed by atoms with E-state index in [1.54, 1.807) is 17.8 Å². The number of carbonyl (C=O) groups is 1. The molecule has 1 saturated carbocycles. The second-order valence-corrected chi connectivity index (χ2v) is 10.9. The Labute approximate surface area is 186 Å². The summed E-state index contributed by atoms with van der Waals surface area (Å²) in [5.74, 6) is -0.284. The van der Waals surface area contributed by atoms with Gasteiger partial charge in [-0.3, -0.25) is 9.52 Å². The van der Waals surface area contributed by atoms with Crippen LogP contribution in [-0.2, 0) is 21.2 Å². The van der Waals surface area contributed by atoms with Gasteiger partial charge < -0.3 is 0 Å². The molecule has 1 aliphatic carbocycles. The van der Waals surface area contributed by atoms with Gasteiger partial charge in [-0.2, -0.15) is 0 Å². The molecule has 1 fully saturated rings. The van der Waals surface area contributed by atoms with Gasteiger partial charge in [-0.05, 0) is 29.9 Å². The summed E-state index contributed by atoms with van der Waals surface area (Å²) in [6.07, 6.45) is 6.66. The van der Waals surface area contributed by atoms with Crippen molar-refractivity contribution >= 4 is 32.3 Å². The van der Waals surface area contributed by atoms with Crippen molar-refractivity contribution in [2.75, 3.05) is 4.72 Å². The number of thiazole rings is 1. The predicted molar refractivity (Wildman–Crippen MR) is 121 cm³/mol. The van der Waals surface area contributed by atoms with Gasteiger partial charge in [0.15, 0.2) is 5.13 Å². The van der Waals surface area contributed by atoms with Gasteiger partial charge in [0.1, 0.15) is 12.1 Å². The van der Waals surface area contributed by atoms with E-state index in [0.717, 1.165) is 16.7 Å². The summed E-state index contributed by atoms with van der Waals surface area (Å²) in [6.45, 7) is 3.96. The molecular weight excluding hydrogens is 432 g/mol. The van der Waals surface area contributed by atoms with E-state index >= 15 is 0 Å². The molecule has 31 heavy (non-hydrogen) atoms. The van der Waals surface area contributed by atoms with Crippen LogP contribution in [-0.4, -0.2) is 34.4 Å². The molecule has 1 aliphatic rings. The number of hydrogen-bond donors (Lipinski definition) is 1. The molecule has 9 heteroatoms. The van der Waals surface area contributed by atoms with Gasteiger partial charge in [-0.15, -0.1) is 11.3 Å². The van der Waals surface area contributed by atoms with E-state index < -0.39 is 15.9 Å². The summed E-state index contributed by atoms with van der Waals surface area (Å²) >= 11 is 1.23. The number of aromatic nitrogens is 3. The molecule has 1 atom stereocenters. The lowest BCUT2D eigenvalue weighted by atomic mass is 9.86. The number of carbonyl (C=O) groups excluding carboxylic acids is 1. The SMILES string of the molecule is CC(C)C(C(=O)Cc1ccc(-c2cncnc2)cc1)c1csc(NS(=O)(=O)C2CC2)n1. The number of nitrogens with zero attached hydrogens (tertiary/aromatic N) is 3. The summed E-state index contributed by atoms with van der Waals surface area (Å²) in [5, 5.41) is 1.80. The maximum atomic E-state index is 13.1. The highest BCUT2D eigenvalue weighted by Gasteiger charge is 2.36. The Balaban J connectivity index is 1.47. The Morgan fingerprint density at radius 1 is 1.13 bits per heavy atom. The first-order chi connectivity index (χ1) is 14.8. The third-order valence-electron chi connectivity index (χ3n) is 5.27. The summed E-state index contributed by atoms with van der Waals surface area (Å²) < 4.78 is 26.9. The summed E-state index contributed by atoms with van der Waals surface area (Å²) in [6, 6.07) is 7.79. The number of sulfonamides is 1.